The van der Waals surface area contributed by atoms with E-state index in [1.54, 1.807) is 0 Å². The Balaban J connectivity index is 3.11. The molecule has 6 heteroatoms. The van der Waals surface area contributed by atoms with Gasteiger partial charge in [-0.15, -0.1) is 0 Å². The molecule has 0 radical (unpaired) electrons. The lowest BCUT2D eigenvalue weighted by Crippen LogP contribution is -2.12. The number of aliphatic carboxylic acids is 1. The SMILES string of the molecule is CC(Cc1cc(F)cc(S(C)(=O)=O)c1)C(=O)O. The van der Waals surface area contributed by atoms with Gasteiger partial charge in [0.2, 0.25) is 0 Å². The van der Waals surface area contributed by atoms with Crippen LogP contribution >= 0.6 is 0 Å². The molecule has 0 amide bonds. The Hall–Kier alpha value is -1.43. The van der Waals surface area contributed by atoms with Crippen LogP contribution in [0.2, 0.25) is 0 Å². The van der Waals surface area contributed by atoms with E-state index in [4.69, 9.17) is 5.11 Å². The third kappa shape index (κ3) is 3.81. The first kappa shape index (κ1) is 13.6. The molecule has 0 saturated carbocycles. The van der Waals surface area contributed by atoms with Crippen molar-refractivity contribution >= 4 is 15.8 Å². The van der Waals surface area contributed by atoms with Gasteiger partial charge in [0, 0.05) is 6.26 Å². The molecule has 17 heavy (non-hydrogen) atoms. The van der Waals surface area contributed by atoms with Crippen LogP contribution in [0, 0.1) is 11.7 Å². The molecule has 1 atom stereocenters. The van der Waals surface area contributed by atoms with Gasteiger partial charge in [-0.3, -0.25) is 4.79 Å². The molecule has 0 saturated heterocycles. The lowest BCUT2D eigenvalue weighted by molar-refractivity contribution is -0.141. The Bertz CT molecular complexity index is 536. The van der Waals surface area contributed by atoms with E-state index in [1.807, 2.05) is 0 Å². The molecule has 4 nitrogen and oxygen atoms in total. The molecule has 0 aliphatic carbocycles. The first-order valence-corrected chi connectivity index (χ1v) is 6.81. The van der Waals surface area contributed by atoms with E-state index < -0.39 is 27.5 Å². The van der Waals surface area contributed by atoms with Gasteiger partial charge < -0.3 is 5.11 Å². The van der Waals surface area contributed by atoms with Crippen molar-refractivity contribution in [3.05, 3.63) is 29.6 Å². The van der Waals surface area contributed by atoms with E-state index in [0.717, 1.165) is 18.4 Å². The van der Waals surface area contributed by atoms with Gasteiger partial charge in [0.05, 0.1) is 10.8 Å². The first-order valence-electron chi connectivity index (χ1n) is 4.92. The van der Waals surface area contributed by atoms with Crippen molar-refractivity contribution in [3.8, 4) is 0 Å². The summed E-state index contributed by atoms with van der Waals surface area (Å²) in [4.78, 5) is 10.5. The molecule has 0 fully saturated rings. The van der Waals surface area contributed by atoms with Gasteiger partial charge in [-0.25, -0.2) is 12.8 Å². The second kappa shape index (κ2) is 4.83. The molecular weight excluding hydrogens is 247 g/mol. The van der Waals surface area contributed by atoms with E-state index in [9.17, 15) is 17.6 Å². The highest BCUT2D eigenvalue weighted by Gasteiger charge is 2.15. The summed E-state index contributed by atoms with van der Waals surface area (Å²) in [6, 6.07) is 3.37. The van der Waals surface area contributed by atoms with Crippen LogP contribution in [0.3, 0.4) is 0 Å². The highest BCUT2D eigenvalue weighted by Crippen LogP contribution is 2.17. The maximum absolute atomic E-state index is 13.2. The fourth-order valence-electron chi connectivity index (χ4n) is 1.39. The zero-order chi connectivity index (χ0) is 13.2. The van der Waals surface area contributed by atoms with Crippen LogP contribution in [0.15, 0.2) is 23.1 Å². The predicted octanol–water partition coefficient (Wildman–Crippen LogP) is 1.49. The molecule has 0 aromatic heterocycles. The monoisotopic (exact) mass is 260 g/mol. The fourth-order valence-corrected chi connectivity index (χ4v) is 2.09. The van der Waals surface area contributed by atoms with Crippen molar-refractivity contribution < 1.29 is 22.7 Å². The summed E-state index contributed by atoms with van der Waals surface area (Å²) in [5.41, 5.74) is 0.361. The minimum Gasteiger partial charge on any atom is -0.481 e. The number of rotatable bonds is 4. The summed E-state index contributed by atoms with van der Waals surface area (Å²) in [7, 11) is -3.49. The maximum atomic E-state index is 13.2. The number of carboxylic acid groups (broad SMARTS) is 1. The lowest BCUT2D eigenvalue weighted by Gasteiger charge is -2.08. The molecule has 1 aromatic rings. The van der Waals surface area contributed by atoms with Gasteiger partial charge in [0.25, 0.3) is 0 Å². The van der Waals surface area contributed by atoms with Gasteiger partial charge in [-0.1, -0.05) is 6.92 Å². The van der Waals surface area contributed by atoms with Gasteiger partial charge in [0.15, 0.2) is 9.84 Å². The number of benzene rings is 1. The zero-order valence-electron chi connectivity index (χ0n) is 9.47. The van der Waals surface area contributed by atoms with E-state index in [0.29, 0.717) is 5.56 Å². The third-order valence-corrected chi connectivity index (χ3v) is 3.41. The van der Waals surface area contributed by atoms with Gasteiger partial charge in [-0.2, -0.15) is 0 Å². The summed E-state index contributed by atoms with van der Waals surface area (Å²) in [6.45, 7) is 1.48. The Morgan fingerprint density at radius 2 is 2.00 bits per heavy atom. The van der Waals surface area contributed by atoms with E-state index in [-0.39, 0.29) is 11.3 Å². The number of hydrogen-bond donors (Lipinski definition) is 1. The Morgan fingerprint density at radius 3 is 2.47 bits per heavy atom. The molecule has 0 spiro atoms. The van der Waals surface area contributed by atoms with E-state index in [2.05, 4.69) is 0 Å². The Morgan fingerprint density at radius 1 is 1.41 bits per heavy atom. The summed E-state index contributed by atoms with van der Waals surface area (Å²) in [6.07, 6.45) is 1.07. The highest BCUT2D eigenvalue weighted by molar-refractivity contribution is 7.90. The van der Waals surface area contributed by atoms with Crippen LogP contribution in [-0.2, 0) is 21.1 Å². The highest BCUT2D eigenvalue weighted by atomic mass is 32.2. The standard InChI is InChI=1S/C11H13FO4S/c1-7(11(13)14)3-8-4-9(12)6-10(5-8)17(2,15)16/h4-7H,3H2,1-2H3,(H,13,14). The van der Waals surface area contributed by atoms with Crippen molar-refractivity contribution in [2.24, 2.45) is 5.92 Å². The lowest BCUT2D eigenvalue weighted by atomic mass is 10.0. The minimum atomic E-state index is -3.49. The summed E-state index contributed by atoms with van der Waals surface area (Å²) in [5.74, 6) is -2.38. The Labute approximate surface area is 99.0 Å². The van der Waals surface area contributed by atoms with Gasteiger partial charge in [-0.05, 0) is 30.2 Å². The van der Waals surface area contributed by atoms with Crippen molar-refractivity contribution in [1.82, 2.24) is 0 Å². The average Bonchev–Trinajstić information content (AvgIpc) is 2.15. The van der Waals surface area contributed by atoms with Crippen LogP contribution in [-0.4, -0.2) is 25.7 Å². The van der Waals surface area contributed by atoms with E-state index in [1.165, 1.54) is 13.0 Å². The third-order valence-electron chi connectivity index (χ3n) is 2.32. The Kier molecular flexibility index (Phi) is 3.87. The number of hydrogen-bond acceptors (Lipinski definition) is 3. The predicted molar refractivity (Wildman–Crippen MR) is 60.0 cm³/mol. The molecule has 0 bridgehead atoms. The quantitative estimate of drug-likeness (QED) is 0.890. The van der Waals surface area contributed by atoms with Crippen molar-refractivity contribution in [3.63, 3.8) is 0 Å². The minimum absolute atomic E-state index is 0.0929. The molecule has 1 aromatic carbocycles. The molecule has 0 heterocycles. The van der Waals surface area contributed by atoms with Crippen LogP contribution < -0.4 is 0 Å². The van der Waals surface area contributed by atoms with Gasteiger partial charge >= 0.3 is 5.97 Å². The molecule has 0 aliphatic heterocycles. The summed E-state index contributed by atoms with van der Waals surface area (Å²) in [5, 5.41) is 8.73. The van der Waals surface area contributed by atoms with Crippen LogP contribution in [0.25, 0.3) is 0 Å². The van der Waals surface area contributed by atoms with Crippen LogP contribution in [0.1, 0.15) is 12.5 Å². The largest absolute Gasteiger partial charge is 0.481 e. The second-order valence-electron chi connectivity index (χ2n) is 4.01. The van der Waals surface area contributed by atoms with E-state index >= 15 is 0 Å². The summed E-state index contributed by atoms with van der Waals surface area (Å²) >= 11 is 0. The van der Waals surface area contributed by atoms with Crippen LogP contribution in [0.4, 0.5) is 4.39 Å². The molecule has 0 aliphatic rings. The smallest absolute Gasteiger partial charge is 0.306 e. The number of carbonyl (C=O) groups is 1. The zero-order valence-corrected chi connectivity index (χ0v) is 10.3. The molecular formula is C11H13FO4S. The van der Waals surface area contributed by atoms with Gasteiger partial charge in [0.1, 0.15) is 5.82 Å². The molecule has 1 unspecified atom stereocenters. The first-order chi connectivity index (χ1) is 7.70. The molecule has 1 rings (SSSR count). The summed E-state index contributed by atoms with van der Waals surface area (Å²) < 4.78 is 35.7. The van der Waals surface area contributed by atoms with Crippen molar-refractivity contribution in [2.45, 2.75) is 18.2 Å². The second-order valence-corrected chi connectivity index (χ2v) is 6.03. The van der Waals surface area contributed by atoms with Crippen molar-refractivity contribution in [2.75, 3.05) is 6.26 Å². The molecule has 1 N–H and O–H groups in total. The van der Waals surface area contributed by atoms with Crippen LogP contribution in [0.5, 0.6) is 0 Å². The molecule has 94 valence electrons. The number of sulfone groups is 1. The maximum Gasteiger partial charge on any atom is 0.306 e. The fraction of sp³-hybridized carbons (Fsp3) is 0.364. The number of halogens is 1. The number of carboxylic acids is 1. The topological polar surface area (TPSA) is 71.4 Å². The van der Waals surface area contributed by atoms with Crippen molar-refractivity contribution in [1.29, 1.82) is 0 Å². The normalized spacial score (nSPS) is 13.4. The average molecular weight is 260 g/mol.